The summed E-state index contributed by atoms with van der Waals surface area (Å²) in [5.41, 5.74) is 0.178. The van der Waals surface area contributed by atoms with Crippen LogP contribution in [0.25, 0.3) is 0 Å². The number of piperazine rings is 1. The van der Waals surface area contributed by atoms with Gasteiger partial charge in [0.15, 0.2) is 11.5 Å². The van der Waals surface area contributed by atoms with Gasteiger partial charge in [-0.05, 0) is 37.6 Å². The molecule has 0 aromatic heterocycles. The molecule has 3 heterocycles. The number of hydrogen-bond acceptors (Lipinski definition) is 13. The summed E-state index contributed by atoms with van der Waals surface area (Å²) in [7, 11) is 0. The lowest BCUT2D eigenvalue weighted by molar-refractivity contribution is -0.161. The molecule has 0 saturated carbocycles. The van der Waals surface area contributed by atoms with Crippen molar-refractivity contribution in [1.82, 2.24) is 25.3 Å². The van der Waals surface area contributed by atoms with Crippen LogP contribution in [0, 0.1) is 0 Å². The van der Waals surface area contributed by atoms with Crippen molar-refractivity contribution in [3.05, 3.63) is 59.7 Å². The van der Waals surface area contributed by atoms with Gasteiger partial charge in [0.25, 0.3) is 0 Å². The maximum Gasteiger partial charge on any atom is 0.338 e. The molecule has 0 radical (unpaired) electrons. The number of β-lactam (4-membered cyclic amide) rings is 1. The van der Waals surface area contributed by atoms with E-state index in [1.54, 1.807) is 25.1 Å². The number of carboxylic acid groups (broad SMARTS) is 1. The standard InChI is InChI=1S/C34H35N5O13S/c1-5-37-13-14-38(29(45)28(37)44)33(49)36-23(19-9-7-6-8-10-19)26(42)35-24-27(43)39-25(31(46)47)34(4,53-30(24)39)16-50-32(48)20-11-12-21(51-17(2)40)22(15-20)52-18(3)41/h6-12,15,23-25,30H,5,13-14,16H2,1-4H3,(H,35,42)(H,36,49)(H,46,47). The number of nitrogens with zero attached hydrogens (tertiary/aromatic N) is 3. The van der Waals surface area contributed by atoms with Gasteiger partial charge in [0.2, 0.25) is 11.8 Å². The smallest absolute Gasteiger partial charge is 0.338 e. The Morgan fingerprint density at radius 3 is 2.23 bits per heavy atom. The van der Waals surface area contributed by atoms with Gasteiger partial charge in [-0.3, -0.25) is 33.7 Å². The van der Waals surface area contributed by atoms with Gasteiger partial charge in [0.05, 0.1) is 10.3 Å². The number of thioether (sulfide) groups is 1. The molecule has 19 heteroatoms. The predicted octanol–water partition coefficient (Wildman–Crippen LogP) is 0.447. The van der Waals surface area contributed by atoms with Crippen LogP contribution in [0.5, 0.6) is 11.5 Å². The summed E-state index contributed by atoms with van der Waals surface area (Å²) in [6, 6.07) is 6.39. The largest absolute Gasteiger partial charge is 0.480 e. The van der Waals surface area contributed by atoms with Gasteiger partial charge in [-0.15, -0.1) is 11.8 Å². The van der Waals surface area contributed by atoms with Crippen molar-refractivity contribution < 1.29 is 62.5 Å². The molecule has 3 aliphatic heterocycles. The minimum absolute atomic E-state index is 0.102. The van der Waals surface area contributed by atoms with E-state index in [0.29, 0.717) is 10.5 Å². The molecule has 280 valence electrons. The van der Waals surface area contributed by atoms with Crippen LogP contribution in [0.1, 0.15) is 49.7 Å². The van der Waals surface area contributed by atoms with Crippen molar-refractivity contribution in [3.8, 4) is 11.5 Å². The first-order chi connectivity index (χ1) is 25.1. The Morgan fingerprint density at radius 1 is 0.943 bits per heavy atom. The summed E-state index contributed by atoms with van der Waals surface area (Å²) in [4.78, 5) is 117. The number of amides is 6. The number of ether oxygens (including phenoxy) is 3. The summed E-state index contributed by atoms with van der Waals surface area (Å²) in [5, 5.41) is 14.3. The van der Waals surface area contributed by atoms with Gasteiger partial charge in [-0.25, -0.2) is 14.4 Å². The Bertz CT molecular complexity index is 1890. The highest BCUT2D eigenvalue weighted by Crippen LogP contribution is 2.51. The third-order valence-corrected chi connectivity index (χ3v) is 10.3. The van der Waals surface area contributed by atoms with Crippen LogP contribution < -0.4 is 20.1 Å². The monoisotopic (exact) mass is 753 g/mol. The van der Waals surface area contributed by atoms with Gasteiger partial charge in [-0.1, -0.05) is 30.3 Å². The van der Waals surface area contributed by atoms with Gasteiger partial charge in [-0.2, -0.15) is 0 Å². The fraction of sp³-hybridized carbons (Fsp3) is 0.382. The third-order valence-electron chi connectivity index (χ3n) is 8.63. The zero-order valence-electron chi connectivity index (χ0n) is 28.9. The first kappa shape index (κ1) is 38.3. The minimum atomic E-state index is -1.48. The fourth-order valence-electron chi connectivity index (χ4n) is 6.10. The highest BCUT2D eigenvalue weighted by atomic mass is 32.2. The van der Waals surface area contributed by atoms with Gasteiger partial charge < -0.3 is 39.8 Å². The summed E-state index contributed by atoms with van der Waals surface area (Å²) >= 11 is 0.981. The SMILES string of the molecule is CCN1CCN(C(=O)NC(C(=O)NC2C(=O)N3C2SC(C)(COC(=O)c2ccc(OC(C)=O)c(OC(C)=O)c2)C3C(=O)O)c2ccccc2)C(=O)C1=O. The summed E-state index contributed by atoms with van der Waals surface area (Å²) in [6.07, 6.45) is 0. The van der Waals surface area contributed by atoms with E-state index in [2.05, 4.69) is 10.6 Å². The number of imide groups is 1. The van der Waals surface area contributed by atoms with E-state index in [0.717, 1.165) is 36.6 Å². The number of aliphatic carboxylic acids is 1. The number of likely N-dealkylation sites (N-methyl/N-ethyl adjacent to an activating group) is 1. The second-order valence-corrected chi connectivity index (χ2v) is 14.0. The van der Waals surface area contributed by atoms with Crippen LogP contribution in [0.15, 0.2) is 48.5 Å². The maximum absolute atomic E-state index is 13.7. The number of urea groups is 1. The lowest BCUT2D eigenvalue weighted by Gasteiger charge is -2.44. The molecule has 53 heavy (non-hydrogen) atoms. The number of carbonyl (C=O) groups is 9. The van der Waals surface area contributed by atoms with Crippen molar-refractivity contribution in [2.75, 3.05) is 26.2 Å². The molecule has 18 nitrogen and oxygen atoms in total. The van der Waals surface area contributed by atoms with Crippen molar-refractivity contribution >= 4 is 65.3 Å². The second kappa shape index (κ2) is 15.3. The molecular weight excluding hydrogens is 718 g/mol. The molecular formula is C34H35N5O13S. The molecule has 2 aromatic carbocycles. The van der Waals surface area contributed by atoms with Gasteiger partial charge in [0, 0.05) is 33.5 Å². The topological polar surface area (TPSA) is 235 Å². The summed E-state index contributed by atoms with van der Waals surface area (Å²) in [6.45, 7) is 5.17. The number of esters is 3. The molecule has 0 aliphatic carbocycles. The number of nitrogens with one attached hydrogen (secondary N) is 2. The normalized spacial score (nSPS) is 22.6. The molecule has 5 rings (SSSR count). The van der Waals surface area contributed by atoms with E-state index >= 15 is 0 Å². The number of rotatable bonds is 11. The average molecular weight is 754 g/mol. The van der Waals surface area contributed by atoms with E-state index in [9.17, 15) is 48.3 Å². The number of hydrogen-bond donors (Lipinski definition) is 3. The first-order valence-corrected chi connectivity index (χ1v) is 17.1. The highest BCUT2D eigenvalue weighted by molar-refractivity contribution is 8.01. The third kappa shape index (κ3) is 7.79. The molecule has 5 atom stereocenters. The first-order valence-electron chi connectivity index (χ1n) is 16.2. The van der Waals surface area contributed by atoms with E-state index in [1.807, 2.05) is 0 Å². The molecule has 2 aromatic rings. The lowest BCUT2D eigenvalue weighted by atomic mass is 9.94. The second-order valence-electron chi connectivity index (χ2n) is 12.4. The molecule has 0 spiro atoms. The summed E-state index contributed by atoms with van der Waals surface area (Å²) < 4.78 is 14.1. The van der Waals surface area contributed by atoms with E-state index in [4.69, 9.17) is 14.2 Å². The van der Waals surface area contributed by atoms with Crippen LogP contribution in [0.3, 0.4) is 0 Å². The zero-order chi connectivity index (χ0) is 38.8. The van der Waals surface area contributed by atoms with Crippen molar-refractivity contribution in [1.29, 1.82) is 0 Å². The van der Waals surface area contributed by atoms with Crippen molar-refractivity contribution in [3.63, 3.8) is 0 Å². The van der Waals surface area contributed by atoms with Crippen LogP contribution in [0.2, 0.25) is 0 Å². The Balaban J connectivity index is 1.30. The molecule has 6 amide bonds. The van der Waals surface area contributed by atoms with Crippen LogP contribution in [0.4, 0.5) is 4.79 Å². The predicted molar refractivity (Wildman–Crippen MR) is 181 cm³/mol. The summed E-state index contributed by atoms with van der Waals surface area (Å²) in [5.74, 6) is -7.66. The van der Waals surface area contributed by atoms with E-state index in [1.165, 1.54) is 36.1 Å². The van der Waals surface area contributed by atoms with Crippen molar-refractivity contribution in [2.45, 2.75) is 55.9 Å². The molecule has 3 saturated heterocycles. The van der Waals surface area contributed by atoms with E-state index in [-0.39, 0.29) is 36.7 Å². The van der Waals surface area contributed by atoms with Crippen LogP contribution >= 0.6 is 11.8 Å². The molecule has 3 fully saturated rings. The molecule has 5 unspecified atom stereocenters. The average Bonchev–Trinajstić information content (AvgIpc) is 3.39. The number of fused-ring (bicyclic) bond motifs is 1. The Labute approximate surface area is 306 Å². The van der Waals surface area contributed by atoms with Crippen LogP contribution in [-0.4, -0.2) is 122 Å². The van der Waals surface area contributed by atoms with Gasteiger partial charge >= 0.3 is 41.7 Å². The van der Waals surface area contributed by atoms with Crippen molar-refractivity contribution in [2.24, 2.45) is 0 Å². The number of carboxylic acids is 1. The number of carbonyl (C=O) groups excluding carboxylic acids is 8. The maximum atomic E-state index is 13.7. The Hall–Kier alpha value is -5.98. The molecule has 3 N–H and O–H groups in total. The van der Waals surface area contributed by atoms with E-state index < -0.39 is 88.4 Å². The number of benzene rings is 2. The Morgan fingerprint density at radius 2 is 1.60 bits per heavy atom. The fourth-order valence-corrected chi connectivity index (χ4v) is 7.78. The zero-order valence-corrected chi connectivity index (χ0v) is 29.7. The quantitative estimate of drug-likeness (QED) is 0.122. The van der Waals surface area contributed by atoms with Gasteiger partial charge in [0.1, 0.15) is 30.1 Å². The minimum Gasteiger partial charge on any atom is -0.480 e. The van der Waals surface area contributed by atoms with Crippen LogP contribution in [-0.2, 0) is 38.3 Å². The Kier molecular flexibility index (Phi) is 11.1. The molecule has 3 aliphatic rings. The lowest BCUT2D eigenvalue weighted by Crippen LogP contribution is -2.71. The highest BCUT2D eigenvalue weighted by Gasteiger charge is 2.66. The molecule has 0 bridgehead atoms.